The third kappa shape index (κ3) is 3.55. The number of amides is 1. The Labute approximate surface area is 156 Å². The Morgan fingerprint density at radius 3 is 2.74 bits per heavy atom. The highest BCUT2D eigenvalue weighted by Gasteiger charge is 2.22. The summed E-state index contributed by atoms with van der Waals surface area (Å²) in [7, 11) is 0. The molecule has 0 bridgehead atoms. The van der Waals surface area contributed by atoms with Gasteiger partial charge in [-0.2, -0.15) is 14.6 Å². The Morgan fingerprint density at radius 1 is 1.15 bits per heavy atom. The summed E-state index contributed by atoms with van der Waals surface area (Å²) in [5, 5.41) is 7.05. The maximum atomic E-state index is 12.0. The molecule has 1 N–H and O–H groups in total. The smallest absolute Gasteiger partial charge is 0.261 e. The molecule has 1 aromatic carbocycles. The molecule has 8 nitrogen and oxygen atoms in total. The zero-order valence-electron chi connectivity index (χ0n) is 15.3. The summed E-state index contributed by atoms with van der Waals surface area (Å²) in [5.74, 6) is 2.29. The molecule has 8 heteroatoms. The van der Waals surface area contributed by atoms with Crippen LogP contribution in [0.4, 0.5) is 0 Å². The molecule has 1 saturated heterocycles. The fourth-order valence-electron chi connectivity index (χ4n) is 3.01. The maximum absolute atomic E-state index is 12.0. The van der Waals surface area contributed by atoms with Crippen molar-refractivity contribution in [1.82, 2.24) is 24.9 Å². The topological polar surface area (TPSA) is 90.6 Å². The van der Waals surface area contributed by atoms with Crippen molar-refractivity contribution in [1.29, 1.82) is 0 Å². The average Bonchev–Trinajstić information content (AvgIpc) is 3.03. The van der Waals surface area contributed by atoms with Gasteiger partial charge in [-0.25, -0.2) is 4.98 Å². The van der Waals surface area contributed by atoms with Crippen LogP contribution in [0.5, 0.6) is 17.4 Å². The lowest BCUT2D eigenvalue weighted by atomic mass is 10.2. The fraction of sp³-hybridized carbons (Fsp3) is 0.368. The molecule has 1 fully saturated rings. The van der Waals surface area contributed by atoms with Gasteiger partial charge in [-0.3, -0.25) is 4.79 Å². The van der Waals surface area contributed by atoms with Crippen molar-refractivity contribution in [3.05, 3.63) is 41.9 Å². The normalized spacial score (nSPS) is 17.4. The molecular formula is C19H21N5O3. The standard InChI is InChI=1S/C19H21N5O3/c1-12-13(2)23-19-21-11-22-24(19)18(12)27-15-8-6-14(7-9-15)26-16-5-3-4-10-20-17(16)25/h6-9,11,16H,3-5,10H2,1-2H3,(H,20,25)/t16-/m0/s1. The number of nitrogens with one attached hydrogen (secondary N) is 1. The molecule has 2 aromatic heterocycles. The maximum Gasteiger partial charge on any atom is 0.261 e. The number of carbonyl (C=O) groups is 1. The van der Waals surface area contributed by atoms with Crippen molar-refractivity contribution in [2.45, 2.75) is 39.2 Å². The van der Waals surface area contributed by atoms with Crippen LogP contribution in [0.3, 0.4) is 0 Å². The fourth-order valence-corrected chi connectivity index (χ4v) is 3.01. The van der Waals surface area contributed by atoms with Crippen LogP contribution in [0.2, 0.25) is 0 Å². The van der Waals surface area contributed by atoms with Crippen LogP contribution in [0, 0.1) is 13.8 Å². The summed E-state index contributed by atoms with van der Waals surface area (Å²) >= 11 is 0. The van der Waals surface area contributed by atoms with E-state index >= 15 is 0 Å². The first-order valence-corrected chi connectivity index (χ1v) is 9.01. The predicted molar refractivity (Wildman–Crippen MR) is 98.0 cm³/mol. The second-order valence-electron chi connectivity index (χ2n) is 6.57. The van der Waals surface area contributed by atoms with Gasteiger partial charge in [0, 0.05) is 17.8 Å². The largest absolute Gasteiger partial charge is 0.481 e. The molecule has 0 unspecified atom stereocenters. The first-order chi connectivity index (χ1) is 13.1. The number of ether oxygens (including phenoxy) is 2. The van der Waals surface area contributed by atoms with Crippen molar-refractivity contribution in [2.75, 3.05) is 6.54 Å². The number of rotatable bonds is 4. The van der Waals surface area contributed by atoms with Crippen LogP contribution in [-0.4, -0.2) is 38.1 Å². The average molecular weight is 367 g/mol. The predicted octanol–water partition coefficient (Wildman–Crippen LogP) is 2.58. The lowest BCUT2D eigenvalue weighted by Crippen LogP contribution is -2.36. The van der Waals surface area contributed by atoms with Gasteiger partial charge in [-0.15, -0.1) is 0 Å². The molecule has 1 aliphatic heterocycles. The van der Waals surface area contributed by atoms with E-state index in [1.54, 1.807) is 16.6 Å². The van der Waals surface area contributed by atoms with Crippen LogP contribution < -0.4 is 14.8 Å². The highest BCUT2D eigenvalue weighted by molar-refractivity contribution is 5.81. The Morgan fingerprint density at radius 2 is 1.93 bits per heavy atom. The molecule has 27 heavy (non-hydrogen) atoms. The van der Waals surface area contributed by atoms with Gasteiger partial charge in [0.1, 0.15) is 17.8 Å². The first-order valence-electron chi connectivity index (χ1n) is 9.01. The van der Waals surface area contributed by atoms with E-state index in [1.807, 2.05) is 26.0 Å². The number of hydrogen-bond donors (Lipinski definition) is 1. The van der Waals surface area contributed by atoms with Crippen LogP contribution in [0.25, 0.3) is 5.78 Å². The van der Waals surface area contributed by atoms with E-state index in [-0.39, 0.29) is 5.91 Å². The molecule has 4 rings (SSSR count). The lowest BCUT2D eigenvalue weighted by Gasteiger charge is -2.16. The highest BCUT2D eigenvalue weighted by atomic mass is 16.5. The summed E-state index contributed by atoms with van der Waals surface area (Å²) < 4.78 is 13.5. The van der Waals surface area contributed by atoms with Gasteiger partial charge in [0.15, 0.2) is 6.10 Å². The Hall–Kier alpha value is -3.16. The molecule has 0 saturated carbocycles. The van der Waals surface area contributed by atoms with E-state index < -0.39 is 6.10 Å². The first kappa shape index (κ1) is 17.3. The minimum absolute atomic E-state index is 0.0516. The number of hydrogen-bond acceptors (Lipinski definition) is 6. The van der Waals surface area contributed by atoms with E-state index in [0.29, 0.717) is 29.7 Å². The third-order valence-corrected chi connectivity index (χ3v) is 4.65. The molecule has 0 aliphatic carbocycles. The van der Waals surface area contributed by atoms with Crippen molar-refractivity contribution < 1.29 is 14.3 Å². The molecule has 0 radical (unpaired) electrons. The molecule has 1 atom stereocenters. The van der Waals surface area contributed by atoms with E-state index in [0.717, 1.165) is 30.5 Å². The monoisotopic (exact) mass is 367 g/mol. The van der Waals surface area contributed by atoms with E-state index in [9.17, 15) is 4.79 Å². The quantitative estimate of drug-likeness (QED) is 0.762. The molecule has 1 amide bonds. The van der Waals surface area contributed by atoms with Crippen LogP contribution in [0.15, 0.2) is 30.6 Å². The SMILES string of the molecule is Cc1nc2ncnn2c(Oc2ccc(O[C@H]3CCCCNC3=O)cc2)c1C. The highest BCUT2D eigenvalue weighted by Crippen LogP contribution is 2.28. The van der Waals surface area contributed by atoms with Crippen LogP contribution in [0.1, 0.15) is 30.5 Å². The molecule has 1 aliphatic rings. The van der Waals surface area contributed by atoms with E-state index in [2.05, 4.69) is 20.4 Å². The Kier molecular flexibility index (Phi) is 4.62. The Bertz CT molecular complexity index is 967. The number of aromatic nitrogens is 4. The van der Waals surface area contributed by atoms with Gasteiger partial charge in [-0.05, 0) is 57.4 Å². The molecule has 0 spiro atoms. The van der Waals surface area contributed by atoms with Crippen LogP contribution >= 0.6 is 0 Å². The number of aryl methyl sites for hydroxylation is 1. The summed E-state index contributed by atoms with van der Waals surface area (Å²) in [4.78, 5) is 20.5. The van der Waals surface area contributed by atoms with E-state index in [4.69, 9.17) is 9.47 Å². The Balaban J connectivity index is 1.52. The van der Waals surface area contributed by atoms with Crippen molar-refractivity contribution >= 4 is 11.7 Å². The summed E-state index contributed by atoms with van der Waals surface area (Å²) in [6, 6.07) is 7.22. The van der Waals surface area contributed by atoms with Crippen molar-refractivity contribution in [3.63, 3.8) is 0 Å². The van der Waals surface area contributed by atoms with Crippen molar-refractivity contribution in [3.8, 4) is 17.4 Å². The van der Waals surface area contributed by atoms with Gasteiger partial charge in [0.25, 0.3) is 11.7 Å². The second kappa shape index (κ2) is 7.22. The molecule has 140 valence electrons. The van der Waals surface area contributed by atoms with E-state index in [1.165, 1.54) is 6.33 Å². The molecule has 3 heterocycles. The minimum Gasteiger partial charge on any atom is -0.481 e. The molecule has 3 aromatic rings. The van der Waals surface area contributed by atoms with Gasteiger partial charge in [0.2, 0.25) is 5.88 Å². The number of carbonyl (C=O) groups excluding carboxylic acids is 1. The second-order valence-corrected chi connectivity index (χ2v) is 6.57. The zero-order chi connectivity index (χ0) is 18.8. The van der Waals surface area contributed by atoms with Crippen LogP contribution in [-0.2, 0) is 4.79 Å². The zero-order valence-corrected chi connectivity index (χ0v) is 15.3. The van der Waals surface area contributed by atoms with Gasteiger partial charge in [0.05, 0.1) is 0 Å². The lowest BCUT2D eigenvalue weighted by molar-refractivity contribution is -0.127. The summed E-state index contributed by atoms with van der Waals surface area (Å²) in [6.45, 7) is 4.56. The number of fused-ring (bicyclic) bond motifs is 1. The summed E-state index contributed by atoms with van der Waals surface area (Å²) in [5.41, 5.74) is 1.73. The van der Waals surface area contributed by atoms with Gasteiger partial charge in [-0.1, -0.05) is 0 Å². The van der Waals surface area contributed by atoms with Crippen molar-refractivity contribution in [2.24, 2.45) is 0 Å². The van der Waals surface area contributed by atoms with Gasteiger partial charge < -0.3 is 14.8 Å². The van der Waals surface area contributed by atoms with Gasteiger partial charge >= 0.3 is 0 Å². The molecular weight excluding hydrogens is 346 g/mol. The third-order valence-electron chi connectivity index (χ3n) is 4.65. The number of nitrogens with zero attached hydrogens (tertiary/aromatic N) is 4. The minimum atomic E-state index is -0.445. The number of benzene rings is 1. The summed E-state index contributed by atoms with van der Waals surface area (Å²) in [6.07, 6.45) is 3.69.